The molecule has 9 heteroatoms. The Balaban J connectivity index is 1.06. The molecule has 0 spiro atoms. The minimum atomic E-state index is -0.680. The van der Waals surface area contributed by atoms with Gasteiger partial charge < -0.3 is 36.8 Å². The molecule has 4 saturated carbocycles. The molecule has 0 radical (unpaired) electrons. The van der Waals surface area contributed by atoms with E-state index in [1.54, 1.807) is 0 Å². The fraction of sp³-hybridized carbons (Fsp3) is 0.818. The summed E-state index contributed by atoms with van der Waals surface area (Å²) in [5.74, 6) is 2.63. The topological polar surface area (TPSA) is 138 Å². The predicted octanol–water partition coefficient (Wildman–Crippen LogP) is 5.59. The Morgan fingerprint density at radius 2 is 1.57 bits per heavy atom. The molecule has 0 aliphatic heterocycles. The van der Waals surface area contributed by atoms with Crippen molar-refractivity contribution in [2.24, 2.45) is 52.1 Å². The molecule has 300 valence electrons. The second-order valence-corrected chi connectivity index (χ2v) is 18.0. The van der Waals surface area contributed by atoms with Gasteiger partial charge in [0, 0.05) is 18.9 Å². The Hall–Kier alpha value is -2.04. The Bertz CT molecular complexity index is 1270. The lowest BCUT2D eigenvalue weighted by Gasteiger charge is -2.62. The summed E-state index contributed by atoms with van der Waals surface area (Å²) in [6.07, 6.45) is 15.6. The number of ether oxygens (including phenoxy) is 1. The van der Waals surface area contributed by atoms with Gasteiger partial charge in [0.2, 0.25) is 5.91 Å². The van der Waals surface area contributed by atoms with E-state index in [1.165, 1.54) is 64.9 Å². The molecule has 11 atom stereocenters. The Morgan fingerprint density at radius 3 is 2.28 bits per heavy atom. The molecule has 7 N–H and O–H groups in total. The predicted molar refractivity (Wildman–Crippen MR) is 214 cm³/mol. The number of rotatable bonds is 21. The SMILES string of the molecule is COC(=O)[C@H](Cc1ccccc1)NC(=O)CC[C@@H](C)[C@H]1CCC2C3C(CC[C@@]21C)[C@@]1(C)CC[C@H](NCCCNCCCCNCCCN)C[C@H]1C[C@H]3O. The average Bonchev–Trinajstić information content (AvgIpc) is 3.51. The van der Waals surface area contributed by atoms with E-state index in [1.807, 2.05) is 30.3 Å². The van der Waals surface area contributed by atoms with E-state index in [-0.39, 0.29) is 17.4 Å². The van der Waals surface area contributed by atoms with Crippen molar-refractivity contribution in [2.45, 2.75) is 135 Å². The standard InChI is InChI=1S/C44H75N5O4/c1-31(14-17-40(51)49-38(42(52)53-4)28-32-12-6-5-7-13-32)35-15-16-36-41-37(19-21-44(35,36)3)43(2)20-18-34(29-33(43)30-39(41)50)48-27-11-26-47-24-9-8-23-46-25-10-22-45/h5-7,12-13,31,33-39,41,46-48,50H,8-11,14-30,45H2,1-4H3,(H,49,51)/t31-,33+,34+,35-,36?,37?,38+,39-,41?,43+,44-/m1/s1. The van der Waals surface area contributed by atoms with Crippen LogP contribution < -0.4 is 27.0 Å². The van der Waals surface area contributed by atoms with Crippen molar-refractivity contribution < 1.29 is 19.4 Å². The summed E-state index contributed by atoms with van der Waals surface area (Å²) in [4.78, 5) is 25.7. The highest BCUT2D eigenvalue weighted by atomic mass is 16.5. The van der Waals surface area contributed by atoms with Crippen molar-refractivity contribution in [1.82, 2.24) is 21.3 Å². The minimum Gasteiger partial charge on any atom is -0.467 e. The van der Waals surface area contributed by atoms with Gasteiger partial charge in [-0.2, -0.15) is 0 Å². The van der Waals surface area contributed by atoms with Crippen LogP contribution in [0.15, 0.2) is 30.3 Å². The first kappa shape index (κ1) is 42.1. The summed E-state index contributed by atoms with van der Waals surface area (Å²) >= 11 is 0. The van der Waals surface area contributed by atoms with Crippen LogP contribution in [0.2, 0.25) is 0 Å². The summed E-state index contributed by atoms with van der Waals surface area (Å²) in [6, 6.07) is 9.66. The van der Waals surface area contributed by atoms with Gasteiger partial charge in [0.25, 0.3) is 0 Å². The first-order valence-corrected chi connectivity index (χ1v) is 21.5. The number of methoxy groups -OCH3 is 1. The number of amides is 1. The number of carbonyl (C=O) groups is 2. The van der Waals surface area contributed by atoms with Gasteiger partial charge in [-0.3, -0.25) is 4.79 Å². The zero-order valence-corrected chi connectivity index (χ0v) is 33.7. The molecule has 4 aliphatic rings. The van der Waals surface area contributed by atoms with E-state index >= 15 is 0 Å². The lowest BCUT2D eigenvalue weighted by Crippen LogP contribution is -2.59. The molecule has 5 rings (SSSR count). The van der Waals surface area contributed by atoms with E-state index < -0.39 is 12.0 Å². The van der Waals surface area contributed by atoms with Crippen LogP contribution in [-0.4, -0.2) is 81.5 Å². The molecule has 0 heterocycles. The molecular formula is C44H75N5O4. The highest BCUT2D eigenvalue weighted by Crippen LogP contribution is 2.68. The highest BCUT2D eigenvalue weighted by molar-refractivity contribution is 5.84. The van der Waals surface area contributed by atoms with Crippen molar-refractivity contribution >= 4 is 11.9 Å². The molecule has 1 amide bonds. The van der Waals surface area contributed by atoms with E-state index in [2.05, 4.69) is 42.0 Å². The number of unbranched alkanes of at least 4 members (excludes halogenated alkanes) is 1. The number of aliphatic hydroxyl groups is 1. The number of benzene rings is 1. The fourth-order valence-electron chi connectivity index (χ4n) is 11.9. The van der Waals surface area contributed by atoms with Crippen LogP contribution in [0, 0.1) is 46.3 Å². The van der Waals surface area contributed by atoms with E-state index in [0.717, 1.165) is 70.5 Å². The van der Waals surface area contributed by atoms with Crippen molar-refractivity contribution in [3.8, 4) is 0 Å². The molecule has 4 fully saturated rings. The lowest BCUT2D eigenvalue weighted by molar-refractivity contribution is -0.167. The number of hydrogen-bond acceptors (Lipinski definition) is 8. The number of carbonyl (C=O) groups excluding carboxylic acids is 2. The van der Waals surface area contributed by atoms with Crippen molar-refractivity contribution in [1.29, 1.82) is 0 Å². The van der Waals surface area contributed by atoms with Gasteiger partial charge in [-0.1, -0.05) is 51.1 Å². The number of hydrogen-bond donors (Lipinski definition) is 6. The molecule has 0 aromatic heterocycles. The number of esters is 1. The molecule has 3 unspecified atom stereocenters. The van der Waals surface area contributed by atoms with Gasteiger partial charge in [-0.25, -0.2) is 4.79 Å². The third kappa shape index (κ3) is 10.6. The van der Waals surface area contributed by atoms with Crippen LogP contribution in [0.25, 0.3) is 0 Å². The third-order valence-corrected chi connectivity index (χ3v) is 14.9. The minimum absolute atomic E-state index is 0.0798. The number of fused-ring (bicyclic) bond motifs is 5. The Labute approximate surface area is 321 Å². The maximum absolute atomic E-state index is 13.2. The zero-order valence-electron chi connectivity index (χ0n) is 33.7. The fourth-order valence-corrected chi connectivity index (χ4v) is 11.9. The largest absolute Gasteiger partial charge is 0.467 e. The molecule has 0 saturated heterocycles. The maximum atomic E-state index is 13.2. The first-order valence-electron chi connectivity index (χ1n) is 21.5. The monoisotopic (exact) mass is 738 g/mol. The van der Waals surface area contributed by atoms with Crippen LogP contribution in [0.4, 0.5) is 0 Å². The van der Waals surface area contributed by atoms with Gasteiger partial charge in [0.1, 0.15) is 6.04 Å². The number of nitrogens with one attached hydrogen (secondary N) is 4. The second kappa shape index (κ2) is 20.2. The summed E-state index contributed by atoms with van der Waals surface area (Å²) in [6.45, 7) is 13.6. The number of aliphatic hydroxyl groups excluding tert-OH is 1. The number of nitrogens with two attached hydrogens (primary N) is 1. The van der Waals surface area contributed by atoms with Crippen LogP contribution in [0.5, 0.6) is 0 Å². The van der Waals surface area contributed by atoms with Gasteiger partial charge in [0.15, 0.2) is 0 Å². The molecule has 53 heavy (non-hydrogen) atoms. The van der Waals surface area contributed by atoms with Crippen LogP contribution in [-0.2, 0) is 20.7 Å². The maximum Gasteiger partial charge on any atom is 0.328 e. The van der Waals surface area contributed by atoms with Crippen molar-refractivity contribution in [3.63, 3.8) is 0 Å². The smallest absolute Gasteiger partial charge is 0.328 e. The second-order valence-electron chi connectivity index (χ2n) is 18.0. The van der Waals surface area contributed by atoms with Crippen molar-refractivity contribution in [3.05, 3.63) is 35.9 Å². The Morgan fingerprint density at radius 1 is 0.887 bits per heavy atom. The normalized spacial score (nSPS) is 33.3. The molecule has 4 aliphatic carbocycles. The molecule has 0 bridgehead atoms. The van der Waals surface area contributed by atoms with E-state index in [4.69, 9.17) is 10.5 Å². The van der Waals surface area contributed by atoms with Gasteiger partial charge in [-0.05, 0) is 175 Å². The van der Waals surface area contributed by atoms with Crippen LogP contribution in [0.3, 0.4) is 0 Å². The summed E-state index contributed by atoms with van der Waals surface area (Å²) in [5.41, 5.74) is 7.07. The van der Waals surface area contributed by atoms with Crippen LogP contribution in [0.1, 0.15) is 116 Å². The quantitative estimate of drug-likeness (QED) is 0.0710. The van der Waals surface area contributed by atoms with Crippen molar-refractivity contribution in [2.75, 3.05) is 46.4 Å². The molecule has 1 aromatic rings. The molecule has 1 aromatic carbocycles. The lowest BCUT2D eigenvalue weighted by atomic mass is 9.43. The highest BCUT2D eigenvalue weighted by Gasteiger charge is 2.62. The van der Waals surface area contributed by atoms with Crippen LogP contribution >= 0.6 is 0 Å². The van der Waals surface area contributed by atoms with Gasteiger partial charge in [-0.15, -0.1) is 0 Å². The zero-order chi connectivity index (χ0) is 37.8. The summed E-state index contributed by atoms with van der Waals surface area (Å²) in [7, 11) is 1.38. The van der Waals surface area contributed by atoms with Gasteiger partial charge >= 0.3 is 5.97 Å². The average molecular weight is 738 g/mol. The summed E-state index contributed by atoms with van der Waals surface area (Å²) in [5, 5.41) is 25.9. The van der Waals surface area contributed by atoms with E-state index in [9.17, 15) is 14.7 Å². The first-order chi connectivity index (χ1) is 25.6. The Kier molecular flexibility index (Phi) is 16.1. The third-order valence-electron chi connectivity index (χ3n) is 14.9. The van der Waals surface area contributed by atoms with Gasteiger partial charge in [0.05, 0.1) is 13.2 Å². The summed E-state index contributed by atoms with van der Waals surface area (Å²) < 4.78 is 5.02. The van der Waals surface area contributed by atoms with E-state index in [0.29, 0.717) is 59.8 Å². The molecular weight excluding hydrogens is 663 g/mol. The molecule has 9 nitrogen and oxygen atoms in total.